The highest BCUT2D eigenvalue weighted by atomic mass is 16.4. The van der Waals surface area contributed by atoms with E-state index in [2.05, 4.69) is 140 Å². The van der Waals surface area contributed by atoms with Gasteiger partial charge in [-0.2, -0.15) is 0 Å². The van der Waals surface area contributed by atoms with Crippen molar-refractivity contribution in [2.45, 2.75) is 51.9 Å². The van der Waals surface area contributed by atoms with Crippen LogP contribution in [-0.4, -0.2) is 71.2 Å². The molecule has 0 saturated carbocycles. The van der Waals surface area contributed by atoms with Gasteiger partial charge >= 0.3 is 11.9 Å². The lowest BCUT2D eigenvalue weighted by molar-refractivity contribution is -0.159. The Morgan fingerprint density at radius 1 is 0.537 bits per heavy atom. The lowest BCUT2D eigenvalue weighted by atomic mass is 9.98. The number of aromatic nitrogens is 10. The summed E-state index contributed by atoms with van der Waals surface area (Å²) >= 11 is 0. The number of fused-ring (bicyclic) bond motifs is 2. The number of imidazole rings is 2. The lowest BCUT2D eigenvalue weighted by Gasteiger charge is -2.20. The van der Waals surface area contributed by atoms with E-state index in [1.165, 1.54) is 22.3 Å². The number of carbonyl (C=O) groups is 2. The van der Waals surface area contributed by atoms with Gasteiger partial charge in [0.25, 0.3) is 0 Å². The quantitative estimate of drug-likeness (QED) is 0.158. The average molecular weight is 725 g/mol. The van der Waals surface area contributed by atoms with Crippen molar-refractivity contribution >= 4 is 34.0 Å². The highest BCUT2D eigenvalue weighted by Crippen LogP contribution is 2.30. The first-order chi connectivity index (χ1) is 26.1. The van der Waals surface area contributed by atoms with Crippen LogP contribution in [0.2, 0.25) is 0 Å². The van der Waals surface area contributed by atoms with E-state index in [-0.39, 0.29) is 24.2 Å². The molecule has 8 rings (SSSR count). The topological polar surface area (TPSA) is 172 Å². The number of rotatable bonds is 8. The molecular weight excluding hydrogens is 685 g/mol. The molecule has 0 aliphatic heterocycles. The van der Waals surface area contributed by atoms with E-state index in [0.717, 1.165) is 22.1 Å². The van der Waals surface area contributed by atoms with Crippen molar-refractivity contribution in [3.05, 3.63) is 157 Å². The Hall–Kier alpha value is -6.96. The number of nitrogens with zero attached hydrogens (tertiary/aromatic N) is 10. The van der Waals surface area contributed by atoms with E-state index in [1.807, 2.05) is 71.1 Å². The van der Waals surface area contributed by atoms with Gasteiger partial charge in [-0.3, -0.25) is 0 Å². The SMILES string of the molecule is CC(C)n1nnc2ccc(C(c3ccccc3)n3ccnc3)cc21.CC(C)n1nnc2ccc(C(c3ccccc3)n3ccnc3)cc21.O=C(O)C(=O)O. The molecule has 2 unspecified atom stereocenters. The van der Waals surface area contributed by atoms with Gasteiger partial charge in [0, 0.05) is 36.9 Å². The first-order valence-electron chi connectivity index (χ1n) is 17.3. The van der Waals surface area contributed by atoms with E-state index in [9.17, 15) is 0 Å². The van der Waals surface area contributed by atoms with Crippen LogP contribution in [0.15, 0.2) is 135 Å². The molecule has 14 heteroatoms. The molecule has 0 radical (unpaired) electrons. The molecule has 0 amide bonds. The van der Waals surface area contributed by atoms with Crippen LogP contribution in [0.1, 0.15) is 74.1 Å². The standard InChI is InChI=1S/2C19H19N5.C2H2O4/c2*1-14(2)24-18-12-16(8-9-17(18)21-22-24)19(23-11-10-20-13-23)15-6-4-3-5-7-15;3-1(4)2(5)6/h2*3-14,19H,1-2H3;(H,3,4)(H,5,6). The second-order valence-electron chi connectivity index (χ2n) is 13.0. The second kappa shape index (κ2) is 16.6. The number of hydrogen-bond acceptors (Lipinski definition) is 8. The van der Waals surface area contributed by atoms with Crippen molar-refractivity contribution in [2.75, 3.05) is 0 Å². The minimum absolute atomic E-state index is 0.0774. The van der Waals surface area contributed by atoms with Gasteiger partial charge in [-0.15, -0.1) is 10.2 Å². The Morgan fingerprint density at radius 2 is 0.926 bits per heavy atom. The van der Waals surface area contributed by atoms with Gasteiger partial charge in [0.05, 0.1) is 35.8 Å². The molecule has 4 aromatic carbocycles. The molecule has 8 aromatic rings. The third-order valence-electron chi connectivity index (χ3n) is 8.66. The monoisotopic (exact) mass is 724 g/mol. The summed E-state index contributed by atoms with van der Waals surface area (Å²) in [4.78, 5) is 26.6. The number of carboxylic acid groups (broad SMARTS) is 2. The summed E-state index contributed by atoms with van der Waals surface area (Å²) in [6, 6.07) is 34.3. The number of carboxylic acids is 2. The molecule has 0 aliphatic rings. The summed E-state index contributed by atoms with van der Waals surface area (Å²) in [5, 5.41) is 31.9. The minimum Gasteiger partial charge on any atom is -0.473 e. The lowest BCUT2D eigenvalue weighted by Crippen LogP contribution is -2.11. The van der Waals surface area contributed by atoms with Gasteiger partial charge in [-0.25, -0.2) is 28.9 Å². The molecule has 54 heavy (non-hydrogen) atoms. The molecule has 14 nitrogen and oxygen atoms in total. The zero-order valence-corrected chi connectivity index (χ0v) is 30.2. The van der Waals surface area contributed by atoms with Gasteiger partial charge < -0.3 is 19.3 Å². The summed E-state index contributed by atoms with van der Waals surface area (Å²) in [5.74, 6) is -3.65. The molecule has 2 atom stereocenters. The summed E-state index contributed by atoms with van der Waals surface area (Å²) in [6.45, 7) is 8.47. The minimum atomic E-state index is -1.82. The van der Waals surface area contributed by atoms with E-state index >= 15 is 0 Å². The fraction of sp³-hybridized carbons (Fsp3) is 0.200. The Bertz CT molecular complexity index is 2250. The van der Waals surface area contributed by atoms with Crippen molar-refractivity contribution in [3.8, 4) is 0 Å². The predicted octanol–water partition coefficient (Wildman–Crippen LogP) is 6.85. The highest BCUT2D eigenvalue weighted by molar-refractivity contribution is 6.27. The second-order valence-corrected chi connectivity index (χ2v) is 13.0. The maximum atomic E-state index is 9.10. The Kier molecular flexibility index (Phi) is 11.3. The highest BCUT2D eigenvalue weighted by Gasteiger charge is 2.19. The van der Waals surface area contributed by atoms with E-state index in [4.69, 9.17) is 19.8 Å². The molecule has 2 N–H and O–H groups in total. The molecule has 0 aliphatic carbocycles. The van der Waals surface area contributed by atoms with Crippen LogP contribution < -0.4 is 0 Å². The molecule has 0 spiro atoms. The molecular formula is C40H40N10O4. The number of hydrogen-bond donors (Lipinski definition) is 2. The van der Waals surface area contributed by atoms with Crippen LogP contribution in [-0.2, 0) is 9.59 Å². The third kappa shape index (κ3) is 8.23. The van der Waals surface area contributed by atoms with Gasteiger partial charge in [0.1, 0.15) is 11.0 Å². The third-order valence-corrected chi connectivity index (χ3v) is 8.66. The van der Waals surface area contributed by atoms with Gasteiger partial charge in [-0.05, 0) is 74.2 Å². The van der Waals surface area contributed by atoms with Crippen molar-refractivity contribution in [1.82, 2.24) is 49.1 Å². The zero-order valence-electron chi connectivity index (χ0n) is 30.2. The average Bonchev–Trinajstić information content (AvgIpc) is 4.01. The van der Waals surface area contributed by atoms with Crippen LogP contribution in [0.4, 0.5) is 0 Å². The molecule has 0 fully saturated rings. The van der Waals surface area contributed by atoms with Crippen molar-refractivity contribution in [1.29, 1.82) is 0 Å². The van der Waals surface area contributed by atoms with E-state index < -0.39 is 11.9 Å². The summed E-state index contributed by atoms with van der Waals surface area (Å²) in [7, 11) is 0. The molecule has 4 heterocycles. The molecule has 274 valence electrons. The number of aliphatic carboxylic acids is 2. The van der Waals surface area contributed by atoms with Gasteiger partial charge in [0.2, 0.25) is 0 Å². The predicted molar refractivity (Wildman–Crippen MR) is 203 cm³/mol. The van der Waals surface area contributed by atoms with E-state index in [1.54, 1.807) is 0 Å². The van der Waals surface area contributed by atoms with Crippen molar-refractivity contribution in [3.63, 3.8) is 0 Å². The van der Waals surface area contributed by atoms with Crippen LogP contribution in [0.5, 0.6) is 0 Å². The largest absolute Gasteiger partial charge is 0.473 e. The Balaban J connectivity index is 0.000000160. The van der Waals surface area contributed by atoms with Crippen LogP contribution in [0, 0.1) is 0 Å². The number of benzene rings is 4. The Labute approximate surface area is 311 Å². The summed E-state index contributed by atoms with van der Waals surface area (Å²) in [5.41, 5.74) is 8.78. The Morgan fingerprint density at radius 3 is 1.24 bits per heavy atom. The molecule has 0 saturated heterocycles. The first kappa shape index (κ1) is 36.8. The smallest absolute Gasteiger partial charge is 0.414 e. The van der Waals surface area contributed by atoms with Crippen molar-refractivity contribution < 1.29 is 19.8 Å². The summed E-state index contributed by atoms with van der Waals surface area (Å²) < 4.78 is 8.18. The zero-order chi connectivity index (χ0) is 38.2. The molecule has 0 bridgehead atoms. The van der Waals surface area contributed by atoms with E-state index in [0.29, 0.717) is 0 Å². The van der Waals surface area contributed by atoms with Crippen LogP contribution >= 0.6 is 0 Å². The first-order valence-corrected chi connectivity index (χ1v) is 17.3. The fourth-order valence-electron chi connectivity index (χ4n) is 6.20. The van der Waals surface area contributed by atoms with Crippen LogP contribution in [0.3, 0.4) is 0 Å². The normalized spacial score (nSPS) is 12.2. The summed E-state index contributed by atoms with van der Waals surface area (Å²) in [6.07, 6.45) is 11.3. The van der Waals surface area contributed by atoms with Crippen LogP contribution in [0.25, 0.3) is 22.1 Å². The van der Waals surface area contributed by atoms with Gasteiger partial charge in [0.15, 0.2) is 0 Å². The maximum absolute atomic E-state index is 9.10. The fourth-order valence-corrected chi connectivity index (χ4v) is 6.20. The van der Waals surface area contributed by atoms with Gasteiger partial charge in [-0.1, -0.05) is 83.2 Å². The molecule has 4 aromatic heterocycles. The van der Waals surface area contributed by atoms with Crippen molar-refractivity contribution in [2.24, 2.45) is 0 Å². The maximum Gasteiger partial charge on any atom is 0.414 e.